The molecule has 0 bridgehead atoms. The highest BCUT2D eigenvalue weighted by atomic mass is 19.4. The van der Waals surface area contributed by atoms with Gasteiger partial charge < -0.3 is 59.7 Å². The van der Waals surface area contributed by atoms with Crippen LogP contribution in [-0.4, -0.2) is 101 Å². The molecule has 0 aliphatic carbocycles. The fourth-order valence-electron chi connectivity index (χ4n) is 9.27. The van der Waals surface area contributed by atoms with E-state index < -0.39 is 90.1 Å². The summed E-state index contributed by atoms with van der Waals surface area (Å²) in [5.74, 6) is -0.332. The number of carbonyl (C=O) groups is 4. The van der Waals surface area contributed by atoms with Crippen molar-refractivity contribution in [2.45, 2.75) is 140 Å². The van der Waals surface area contributed by atoms with Crippen LogP contribution in [0, 0.1) is 11.8 Å². The van der Waals surface area contributed by atoms with Gasteiger partial charge in [-0.05, 0) is 90.0 Å². The third-order valence-electron chi connectivity index (χ3n) is 14.0. The molecule has 0 spiro atoms. The Bertz CT molecular complexity index is 2570. The van der Waals surface area contributed by atoms with Crippen molar-refractivity contribution in [3.05, 3.63) is 119 Å². The molecule has 2 saturated heterocycles. The van der Waals surface area contributed by atoms with Crippen LogP contribution in [0.5, 0.6) is 11.5 Å². The van der Waals surface area contributed by atoms with Crippen LogP contribution in [0.4, 0.5) is 47.3 Å². The van der Waals surface area contributed by atoms with Gasteiger partial charge in [0.05, 0.1) is 82.6 Å². The number of carbonyl (C=O) groups excluding carboxylic acids is 4. The number of anilines is 2. The van der Waals surface area contributed by atoms with Crippen LogP contribution in [0.2, 0.25) is 0 Å². The second-order valence-corrected chi connectivity index (χ2v) is 19.7. The van der Waals surface area contributed by atoms with Gasteiger partial charge in [-0.15, -0.1) is 0 Å². The Labute approximate surface area is 456 Å². The van der Waals surface area contributed by atoms with Crippen molar-refractivity contribution >= 4 is 35.1 Å². The van der Waals surface area contributed by atoms with Gasteiger partial charge in [-0.25, -0.2) is 9.59 Å². The summed E-state index contributed by atoms with van der Waals surface area (Å²) < 4.78 is 125. The standard InChI is InChI=1S/C57H71F6N5O11/c1-6-7-8-9-10-17-43(69)22-27-49(70)67-51-48(34-76-31-38-20-25-45(74-5)26-21-38)77-32-46(66-54(71)64-41-15-11-13-39(28-41)56(58,59)60)52(51)79-53-50(68-55(72)65-42-16-12-14-40(29-42)57(61,62)63)36(3)35(2)47(78-53)33-75-30-37-18-23-44(73-4)24-19-37/h11-16,18-21,23-26,28-29,35-36,46-48,50-53H,6-10,17,22,27,30-34H2,1-5H3,(H,67,70)(H2,64,66,71)(H2,65,68,72)/t35-,36-,46?,47?,48?,50?,51-,52+,53-/m0/s1. The van der Waals surface area contributed by atoms with E-state index in [2.05, 4.69) is 33.5 Å². The van der Waals surface area contributed by atoms with Crippen molar-refractivity contribution in [2.24, 2.45) is 11.8 Å². The lowest BCUT2D eigenvalue weighted by molar-refractivity contribution is -0.277. The van der Waals surface area contributed by atoms with Gasteiger partial charge in [0.25, 0.3) is 0 Å². The fraction of sp³-hybridized carbons (Fsp3) is 0.509. The first kappa shape index (κ1) is 61.7. The lowest BCUT2D eigenvalue weighted by atomic mass is 9.82. The first-order chi connectivity index (χ1) is 37.7. The van der Waals surface area contributed by atoms with Gasteiger partial charge in [0, 0.05) is 30.6 Å². The number of amides is 5. The Hall–Kier alpha value is -6.46. The number of alkyl halides is 6. The average Bonchev–Trinajstić information content (AvgIpc) is 3.48. The quantitative estimate of drug-likeness (QED) is 0.0297. The van der Waals surface area contributed by atoms with E-state index in [4.69, 9.17) is 33.2 Å². The second kappa shape index (κ2) is 29.7. The lowest BCUT2D eigenvalue weighted by Crippen LogP contribution is -2.69. The third-order valence-corrected chi connectivity index (χ3v) is 14.0. The molecule has 2 aliphatic heterocycles. The molecule has 79 heavy (non-hydrogen) atoms. The number of hydrogen-bond donors (Lipinski definition) is 5. The van der Waals surface area contributed by atoms with E-state index in [0.29, 0.717) is 24.3 Å². The van der Waals surface area contributed by atoms with Crippen molar-refractivity contribution in [3.63, 3.8) is 0 Å². The van der Waals surface area contributed by atoms with Crippen molar-refractivity contribution in [1.82, 2.24) is 16.0 Å². The molecule has 4 unspecified atom stereocenters. The number of ketones is 1. The van der Waals surface area contributed by atoms with Crippen LogP contribution < -0.4 is 36.1 Å². The number of benzene rings is 4. The summed E-state index contributed by atoms with van der Waals surface area (Å²) in [5, 5.41) is 13.5. The van der Waals surface area contributed by atoms with Crippen LogP contribution in [0.3, 0.4) is 0 Å². The number of nitrogens with one attached hydrogen (secondary N) is 5. The van der Waals surface area contributed by atoms with Gasteiger partial charge in [0.1, 0.15) is 29.5 Å². The summed E-state index contributed by atoms with van der Waals surface area (Å²) in [7, 11) is 3.08. The van der Waals surface area contributed by atoms with Crippen molar-refractivity contribution in [2.75, 3.05) is 44.7 Å². The topological polar surface area (TPSA) is 193 Å². The van der Waals surface area contributed by atoms with Gasteiger partial charge in [0.15, 0.2) is 6.29 Å². The maximum absolute atomic E-state index is 14.1. The van der Waals surface area contributed by atoms with Crippen LogP contribution in [0.15, 0.2) is 97.1 Å². The smallest absolute Gasteiger partial charge is 0.416 e. The first-order valence-corrected chi connectivity index (χ1v) is 26.4. The van der Waals surface area contributed by atoms with Gasteiger partial charge in [-0.3, -0.25) is 9.59 Å². The Morgan fingerprint density at radius 1 is 0.608 bits per heavy atom. The molecule has 9 atom stereocenters. The number of rotatable bonds is 26. The summed E-state index contributed by atoms with van der Waals surface area (Å²) in [6.45, 7) is 5.53. The van der Waals surface area contributed by atoms with Gasteiger partial charge in [-0.1, -0.05) is 82.9 Å². The summed E-state index contributed by atoms with van der Waals surface area (Å²) in [5.41, 5.74) is -0.785. The van der Waals surface area contributed by atoms with Crippen LogP contribution in [0.25, 0.3) is 0 Å². The number of methoxy groups -OCH3 is 2. The molecule has 2 aliphatic rings. The molecule has 16 nitrogen and oxygen atoms in total. The summed E-state index contributed by atoms with van der Waals surface area (Å²) in [4.78, 5) is 55.0. The van der Waals surface area contributed by atoms with Gasteiger partial charge >= 0.3 is 24.4 Å². The molecule has 4 aromatic rings. The van der Waals surface area contributed by atoms with E-state index in [9.17, 15) is 45.5 Å². The van der Waals surface area contributed by atoms with E-state index in [1.54, 1.807) is 43.5 Å². The van der Waals surface area contributed by atoms with E-state index in [0.717, 1.165) is 73.2 Å². The largest absolute Gasteiger partial charge is 0.497 e. The third kappa shape index (κ3) is 19.1. The van der Waals surface area contributed by atoms with Crippen LogP contribution >= 0.6 is 0 Å². The molecule has 432 valence electrons. The Kier molecular flexibility index (Phi) is 23.2. The van der Waals surface area contributed by atoms with E-state index in [-0.39, 0.29) is 69.0 Å². The molecule has 22 heteroatoms. The monoisotopic (exact) mass is 1120 g/mol. The molecule has 5 N–H and O–H groups in total. The predicted octanol–water partition coefficient (Wildman–Crippen LogP) is 10.8. The zero-order valence-electron chi connectivity index (χ0n) is 44.9. The SMILES string of the molecule is CCCCCCCC(=O)CCC(=O)N[C@H]1C(COCc2ccc(OC)cc2)OCC(NC(=O)Nc2cccc(C(F)(F)F)c2)[C@H]1O[C@@H]1OC(COCc2ccc(OC)cc2)[C@@H](C)[C@H](C)C1NC(=O)Nc1cccc(C(F)(F)F)c1. The van der Waals surface area contributed by atoms with Gasteiger partial charge in [0.2, 0.25) is 5.91 Å². The Morgan fingerprint density at radius 2 is 1.14 bits per heavy atom. The highest BCUT2D eigenvalue weighted by Gasteiger charge is 2.49. The van der Waals surface area contributed by atoms with Crippen LogP contribution in [0.1, 0.15) is 94.4 Å². The van der Waals surface area contributed by atoms with E-state index >= 15 is 0 Å². The zero-order chi connectivity index (χ0) is 57.1. The number of ether oxygens (including phenoxy) is 7. The first-order valence-electron chi connectivity index (χ1n) is 26.4. The molecule has 0 saturated carbocycles. The van der Waals surface area contributed by atoms with Crippen molar-refractivity contribution in [1.29, 1.82) is 0 Å². The van der Waals surface area contributed by atoms with E-state index in [1.165, 1.54) is 19.2 Å². The number of urea groups is 2. The molecule has 4 aromatic carbocycles. The zero-order valence-corrected chi connectivity index (χ0v) is 44.9. The number of halogens is 6. The normalized spacial score (nSPS) is 22.3. The highest BCUT2D eigenvalue weighted by Crippen LogP contribution is 2.36. The fourth-order valence-corrected chi connectivity index (χ4v) is 9.27. The number of Topliss-reactive ketones (excluding diaryl/α,β-unsaturated/α-hetero) is 1. The summed E-state index contributed by atoms with van der Waals surface area (Å²) in [6.07, 6.45) is -9.39. The molecular weight excluding hydrogens is 1040 g/mol. The van der Waals surface area contributed by atoms with E-state index in [1.807, 2.05) is 26.0 Å². The Morgan fingerprint density at radius 3 is 1.67 bits per heavy atom. The molecule has 6 rings (SSSR count). The maximum atomic E-state index is 14.1. The molecule has 0 radical (unpaired) electrons. The predicted molar refractivity (Wildman–Crippen MR) is 281 cm³/mol. The highest BCUT2D eigenvalue weighted by molar-refractivity contribution is 5.90. The maximum Gasteiger partial charge on any atom is 0.416 e. The molecule has 2 heterocycles. The molecular formula is C57H71F6N5O11. The van der Waals surface area contributed by atoms with Crippen LogP contribution in [-0.2, 0) is 58.8 Å². The molecule has 0 aromatic heterocycles. The minimum Gasteiger partial charge on any atom is -0.497 e. The minimum absolute atomic E-state index is 0.00399. The Balaban J connectivity index is 1.34. The van der Waals surface area contributed by atoms with Crippen molar-refractivity contribution < 1.29 is 78.7 Å². The van der Waals surface area contributed by atoms with Crippen molar-refractivity contribution in [3.8, 4) is 11.5 Å². The summed E-state index contributed by atoms with van der Waals surface area (Å²) in [6, 6.07) is 17.0. The lowest BCUT2D eigenvalue weighted by Gasteiger charge is -2.49. The summed E-state index contributed by atoms with van der Waals surface area (Å²) >= 11 is 0. The second-order valence-electron chi connectivity index (χ2n) is 19.7. The minimum atomic E-state index is -4.72. The number of hydrogen-bond acceptors (Lipinski definition) is 11. The molecule has 5 amide bonds. The number of unbranched alkanes of at least 4 members (excludes halogenated alkanes) is 4. The average molecular weight is 1120 g/mol. The molecule has 2 fully saturated rings. The van der Waals surface area contributed by atoms with Gasteiger partial charge in [-0.2, -0.15) is 26.3 Å².